The maximum atomic E-state index is 5.14. The van der Waals surface area contributed by atoms with Crippen LogP contribution in [0.15, 0.2) is 23.6 Å². The Kier molecular flexibility index (Phi) is 2.34. The molecule has 0 bridgehead atoms. The van der Waals surface area contributed by atoms with Gasteiger partial charge >= 0.3 is 0 Å². The van der Waals surface area contributed by atoms with Crippen molar-refractivity contribution in [3.8, 4) is 0 Å². The highest BCUT2D eigenvalue weighted by atomic mass is 32.1. The summed E-state index contributed by atoms with van der Waals surface area (Å²) in [4.78, 5) is 0. The number of hydrogen-bond donors (Lipinski definition) is 0. The molecule has 1 aromatic carbocycles. The molecule has 0 fully saturated rings. The van der Waals surface area contributed by atoms with Crippen molar-refractivity contribution in [2.24, 2.45) is 0 Å². The number of hydrogen-bond acceptors (Lipinski definition) is 2. The van der Waals surface area contributed by atoms with Gasteiger partial charge in [0.15, 0.2) is 0 Å². The van der Waals surface area contributed by atoms with Gasteiger partial charge in [-0.15, -0.1) is 11.3 Å². The lowest BCUT2D eigenvalue weighted by molar-refractivity contribution is 0.186. The van der Waals surface area contributed by atoms with Crippen LogP contribution in [-0.4, -0.2) is 7.11 Å². The second-order valence-electron chi connectivity index (χ2n) is 3.15. The molecule has 0 N–H and O–H groups in total. The topological polar surface area (TPSA) is 9.23 Å². The van der Waals surface area contributed by atoms with Crippen molar-refractivity contribution in [1.82, 2.24) is 0 Å². The summed E-state index contributed by atoms with van der Waals surface area (Å²) in [5, 5.41) is 3.52. The zero-order valence-corrected chi connectivity index (χ0v) is 8.65. The van der Waals surface area contributed by atoms with Gasteiger partial charge in [-0.25, -0.2) is 0 Å². The summed E-state index contributed by atoms with van der Waals surface area (Å²) in [6.07, 6.45) is 0. The first-order valence-electron chi connectivity index (χ1n) is 4.27. The molecule has 0 amide bonds. The third kappa shape index (κ3) is 1.47. The molecule has 2 aromatic rings. The van der Waals surface area contributed by atoms with Crippen molar-refractivity contribution in [3.63, 3.8) is 0 Å². The molecule has 0 aliphatic heterocycles. The highest BCUT2D eigenvalue weighted by Gasteiger charge is 2.04. The van der Waals surface area contributed by atoms with E-state index in [2.05, 4.69) is 30.5 Å². The molecule has 0 aliphatic carbocycles. The predicted molar refractivity (Wildman–Crippen MR) is 57.3 cm³/mol. The number of thiophene rings is 1. The van der Waals surface area contributed by atoms with Crippen LogP contribution in [0.5, 0.6) is 0 Å². The van der Waals surface area contributed by atoms with E-state index < -0.39 is 0 Å². The molecule has 1 heterocycles. The van der Waals surface area contributed by atoms with Gasteiger partial charge in [0.05, 0.1) is 6.61 Å². The highest BCUT2D eigenvalue weighted by Crippen LogP contribution is 2.28. The molecule has 0 atom stereocenters. The number of aryl methyl sites for hydroxylation is 1. The fourth-order valence-corrected chi connectivity index (χ4v) is 2.56. The number of ether oxygens (including phenoxy) is 1. The second kappa shape index (κ2) is 3.48. The highest BCUT2D eigenvalue weighted by molar-refractivity contribution is 7.17. The molecule has 68 valence electrons. The van der Waals surface area contributed by atoms with E-state index in [0.29, 0.717) is 6.61 Å². The number of methoxy groups -OCH3 is 1. The van der Waals surface area contributed by atoms with Gasteiger partial charge < -0.3 is 4.74 Å². The maximum absolute atomic E-state index is 5.14. The van der Waals surface area contributed by atoms with Gasteiger partial charge in [-0.3, -0.25) is 0 Å². The van der Waals surface area contributed by atoms with Crippen molar-refractivity contribution >= 4 is 21.4 Å². The Morgan fingerprint density at radius 1 is 1.38 bits per heavy atom. The van der Waals surface area contributed by atoms with Crippen LogP contribution in [0, 0.1) is 6.92 Å². The van der Waals surface area contributed by atoms with E-state index in [4.69, 9.17) is 4.74 Å². The molecule has 2 heteroatoms. The van der Waals surface area contributed by atoms with Crippen LogP contribution in [0.4, 0.5) is 0 Å². The lowest BCUT2D eigenvalue weighted by Gasteiger charge is -1.98. The average molecular weight is 192 g/mol. The van der Waals surface area contributed by atoms with Gasteiger partial charge in [0.1, 0.15) is 0 Å². The summed E-state index contributed by atoms with van der Waals surface area (Å²) in [5.74, 6) is 0. The average Bonchev–Trinajstić information content (AvgIpc) is 2.51. The van der Waals surface area contributed by atoms with Gasteiger partial charge in [0.25, 0.3) is 0 Å². The van der Waals surface area contributed by atoms with Gasteiger partial charge in [0.2, 0.25) is 0 Å². The standard InChI is InChI=1S/C11H12OS/c1-8-4-3-5-10-9(6-12-2)7-13-11(8)10/h3-5,7H,6H2,1-2H3. The molecular weight excluding hydrogens is 180 g/mol. The number of benzene rings is 1. The van der Waals surface area contributed by atoms with E-state index in [1.807, 2.05) is 0 Å². The lowest BCUT2D eigenvalue weighted by Crippen LogP contribution is -1.84. The summed E-state index contributed by atoms with van der Waals surface area (Å²) in [6, 6.07) is 6.41. The summed E-state index contributed by atoms with van der Waals surface area (Å²) in [5.41, 5.74) is 2.65. The van der Waals surface area contributed by atoms with Crippen LogP contribution in [0.25, 0.3) is 10.1 Å². The molecule has 0 saturated heterocycles. The first-order valence-corrected chi connectivity index (χ1v) is 5.15. The molecule has 0 spiro atoms. The van der Waals surface area contributed by atoms with E-state index >= 15 is 0 Å². The van der Waals surface area contributed by atoms with Gasteiger partial charge in [-0.05, 0) is 28.8 Å². The van der Waals surface area contributed by atoms with Crippen molar-refractivity contribution in [1.29, 1.82) is 0 Å². The fourth-order valence-electron chi connectivity index (χ4n) is 1.52. The van der Waals surface area contributed by atoms with Crippen LogP contribution in [0.1, 0.15) is 11.1 Å². The SMILES string of the molecule is COCc1csc2c(C)cccc12. The summed E-state index contributed by atoms with van der Waals surface area (Å²) >= 11 is 1.80. The molecule has 2 rings (SSSR count). The van der Waals surface area contributed by atoms with E-state index in [-0.39, 0.29) is 0 Å². The molecule has 0 radical (unpaired) electrons. The minimum absolute atomic E-state index is 0.712. The smallest absolute Gasteiger partial charge is 0.0727 e. The Balaban J connectivity index is 2.61. The van der Waals surface area contributed by atoms with Crippen molar-refractivity contribution in [3.05, 3.63) is 34.7 Å². The Morgan fingerprint density at radius 3 is 3.00 bits per heavy atom. The third-order valence-electron chi connectivity index (χ3n) is 2.18. The fraction of sp³-hybridized carbons (Fsp3) is 0.273. The van der Waals surface area contributed by atoms with Crippen molar-refractivity contribution in [2.45, 2.75) is 13.5 Å². The molecule has 1 aromatic heterocycles. The zero-order valence-electron chi connectivity index (χ0n) is 7.83. The Labute approximate surface area is 82.0 Å². The van der Waals surface area contributed by atoms with Crippen LogP contribution < -0.4 is 0 Å². The summed E-state index contributed by atoms with van der Waals surface area (Å²) < 4.78 is 6.52. The molecular formula is C11H12OS. The molecule has 0 saturated carbocycles. The van der Waals surface area contributed by atoms with Gasteiger partial charge in [-0.1, -0.05) is 18.2 Å². The van der Waals surface area contributed by atoms with Crippen LogP contribution in [0.2, 0.25) is 0 Å². The van der Waals surface area contributed by atoms with Crippen LogP contribution in [0.3, 0.4) is 0 Å². The van der Waals surface area contributed by atoms with Crippen LogP contribution in [-0.2, 0) is 11.3 Å². The van der Waals surface area contributed by atoms with E-state index in [1.54, 1.807) is 18.4 Å². The quantitative estimate of drug-likeness (QED) is 0.709. The minimum atomic E-state index is 0.712. The van der Waals surface area contributed by atoms with Crippen molar-refractivity contribution < 1.29 is 4.74 Å². The van der Waals surface area contributed by atoms with Crippen molar-refractivity contribution in [2.75, 3.05) is 7.11 Å². The van der Waals surface area contributed by atoms with E-state index in [9.17, 15) is 0 Å². The van der Waals surface area contributed by atoms with Crippen LogP contribution >= 0.6 is 11.3 Å². The minimum Gasteiger partial charge on any atom is -0.380 e. The number of fused-ring (bicyclic) bond motifs is 1. The lowest BCUT2D eigenvalue weighted by atomic mass is 10.1. The Hall–Kier alpha value is -0.860. The first kappa shape index (κ1) is 8.73. The maximum Gasteiger partial charge on any atom is 0.0727 e. The monoisotopic (exact) mass is 192 g/mol. The molecule has 0 unspecified atom stereocenters. The normalized spacial score (nSPS) is 10.9. The largest absolute Gasteiger partial charge is 0.380 e. The summed E-state index contributed by atoms with van der Waals surface area (Å²) in [7, 11) is 1.74. The first-order chi connectivity index (χ1) is 6.33. The Bertz CT molecular complexity index is 417. The molecule has 0 aliphatic rings. The van der Waals surface area contributed by atoms with E-state index in [0.717, 1.165) is 0 Å². The molecule has 1 nitrogen and oxygen atoms in total. The third-order valence-corrected chi connectivity index (χ3v) is 3.36. The zero-order chi connectivity index (χ0) is 9.26. The van der Waals surface area contributed by atoms with Gasteiger partial charge in [-0.2, -0.15) is 0 Å². The second-order valence-corrected chi connectivity index (χ2v) is 4.03. The molecule has 13 heavy (non-hydrogen) atoms. The number of rotatable bonds is 2. The van der Waals surface area contributed by atoms with Gasteiger partial charge in [0, 0.05) is 11.8 Å². The predicted octanol–water partition coefficient (Wildman–Crippen LogP) is 3.36. The van der Waals surface area contributed by atoms with E-state index in [1.165, 1.54) is 21.2 Å². The summed E-state index contributed by atoms with van der Waals surface area (Å²) in [6.45, 7) is 2.86. The Morgan fingerprint density at radius 2 is 2.23 bits per heavy atom.